The maximum absolute atomic E-state index is 6.12. The molecule has 2 heteroatoms. The molecule has 0 aromatic heterocycles. The van der Waals surface area contributed by atoms with Crippen molar-refractivity contribution in [2.45, 2.75) is 37.8 Å². The fraction of sp³-hybridized carbons (Fsp3) is 0.333. The Morgan fingerprint density at radius 1 is 0.800 bits per heavy atom. The van der Waals surface area contributed by atoms with Gasteiger partial charge in [-0.25, -0.2) is 0 Å². The lowest BCUT2D eigenvalue weighted by molar-refractivity contribution is 0.132. The van der Waals surface area contributed by atoms with Crippen LogP contribution in [-0.4, -0.2) is 12.1 Å². The number of nitrogens with two attached hydrogens (primary N) is 1. The Hall–Kier alpha value is -1.80. The van der Waals surface area contributed by atoms with E-state index in [1.54, 1.807) is 0 Å². The molecular weight excluding hydrogens is 246 g/mol. The van der Waals surface area contributed by atoms with Gasteiger partial charge in [0.05, 0.1) is 0 Å². The molecule has 1 aliphatic carbocycles. The number of hydrogen-bond donors (Lipinski definition) is 1. The van der Waals surface area contributed by atoms with Crippen LogP contribution in [0.5, 0.6) is 5.75 Å². The Morgan fingerprint density at radius 3 is 2.15 bits per heavy atom. The van der Waals surface area contributed by atoms with Crippen molar-refractivity contribution >= 4 is 0 Å². The van der Waals surface area contributed by atoms with Crippen molar-refractivity contribution in [3.63, 3.8) is 0 Å². The van der Waals surface area contributed by atoms with Crippen LogP contribution < -0.4 is 10.5 Å². The lowest BCUT2D eigenvalue weighted by atomic mass is 9.93. The van der Waals surface area contributed by atoms with E-state index < -0.39 is 0 Å². The van der Waals surface area contributed by atoms with Gasteiger partial charge in [-0.05, 0) is 42.5 Å². The van der Waals surface area contributed by atoms with Crippen molar-refractivity contribution < 1.29 is 4.74 Å². The van der Waals surface area contributed by atoms with Gasteiger partial charge in [0.25, 0.3) is 0 Å². The normalized spacial score (nSPS) is 22.4. The molecule has 1 aliphatic rings. The minimum absolute atomic E-state index is 0.173. The van der Waals surface area contributed by atoms with Gasteiger partial charge < -0.3 is 10.5 Å². The molecule has 3 rings (SSSR count). The molecule has 2 aromatic carbocycles. The van der Waals surface area contributed by atoms with E-state index in [9.17, 15) is 0 Å². The second-order valence-electron chi connectivity index (χ2n) is 5.50. The fourth-order valence-electron chi connectivity index (χ4n) is 2.80. The number of rotatable bonds is 3. The smallest absolute Gasteiger partial charge is 0.119 e. The second kappa shape index (κ2) is 6.10. The molecule has 0 amide bonds. The molecule has 20 heavy (non-hydrogen) atoms. The minimum atomic E-state index is 0.173. The molecule has 0 aliphatic heterocycles. The van der Waals surface area contributed by atoms with Gasteiger partial charge in [0.1, 0.15) is 11.9 Å². The minimum Gasteiger partial charge on any atom is -0.489 e. The molecule has 0 radical (unpaired) electrons. The summed E-state index contributed by atoms with van der Waals surface area (Å²) in [6.45, 7) is 0. The third-order valence-electron chi connectivity index (χ3n) is 4.00. The van der Waals surface area contributed by atoms with Crippen LogP contribution in [-0.2, 0) is 0 Å². The monoisotopic (exact) mass is 267 g/mol. The van der Waals surface area contributed by atoms with Crippen LogP contribution in [0.1, 0.15) is 25.7 Å². The highest BCUT2D eigenvalue weighted by molar-refractivity contribution is 5.63. The van der Waals surface area contributed by atoms with E-state index in [0.29, 0.717) is 0 Å². The van der Waals surface area contributed by atoms with Gasteiger partial charge in [0, 0.05) is 6.04 Å². The molecule has 1 fully saturated rings. The quantitative estimate of drug-likeness (QED) is 0.912. The highest BCUT2D eigenvalue weighted by atomic mass is 16.5. The van der Waals surface area contributed by atoms with E-state index in [4.69, 9.17) is 10.5 Å². The van der Waals surface area contributed by atoms with E-state index >= 15 is 0 Å². The van der Waals surface area contributed by atoms with E-state index in [2.05, 4.69) is 36.4 Å². The Morgan fingerprint density at radius 2 is 1.45 bits per heavy atom. The van der Waals surface area contributed by atoms with Gasteiger partial charge in [-0.2, -0.15) is 0 Å². The van der Waals surface area contributed by atoms with Crippen molar-refractivity contribution in [1.29, 1.82) is 0 Å². The number of ether oxygens (including phenoxy) is 1. The summed E-state index contributed by atoms with van der Waals surface area (Å²) in [7, 11) is 0. The van der Waals surface area contributed by atoms with Crippen molar-refractivity contribution in [3.05, 3.63) is 54.6 Å². The molecular formula is C18H21NO. The highest BCUT2D eigenvalue weighted by Crippen LogP contribution is 2.25. The second-order valence-corrected chi connectivity index (χ2v) is 5.50. The third kappa shape index (κ3) is 3.02. The Bertz CT molecular complexity index is 535. The first kappa shape index (κ1) is 13.2. The summed E-state index contributed by atoms with van der Waals surface area (Å²) >= 11 is 0. The molecule has 0 bridgehead atoms. The summed E-state index contributed by atoms with van der Waals surface area (Å²) in [5.41, 5.74) is 8.57. The van der Waals surface area contributed by atoms with Gasteiger partial charge in [-0.3, -0.25) is 0 Å². The lowest BCUT2D eigenvalue weighted by Crippen LogP contribution is -2.41. The predicted molar refractivity (Wildman–Crippen MR) is 82.7 cm³/mol. The molecule has 2 atom stereocenters. The average molecular weight is 267 g/mol. The van der Waals surface area contributed by atoms with Gasteiger partial charge in [-0.15, -0.1) is 0 Å². The summed E-state index contributed by atoms with van der Waals surface area (Å²) in [6, 6.07) is 18.9. The molecule has 1 saturated carbocycles. The molecule has 2 nitrogen and oxygen atoms in total. The SMILES string of the molecule is NC1CCCCC1Oc1ccc(-c2ccccc2)cc1. The third-order valence-corrected chi connectivity index (χ3v) is 4.00. The first-order valence-electron chi connectivity index (χ1n) is 7.41. The zero-order valence-electron chi connectivity index (χ0n) is 11.7. The topological polar surface area (TPSA) is 35.2 Å². The molecule has 104 valence electrons. The molecule has 0 heterocycles. The molecule has 0 saturated heterocycles. The molecule has 2 aromatic rings. The molecule has 2 N–H and O–H groups in total. The summed E-state index contributed by atoms with van der Waals surface area (Å²) < 4.78 is 6.03. The lowest BCUT2D eigenvalue weighted by Gasteiger charge is -2.29. The average Bonchev–Trinajstić information content (AvgIpc) is 2.51. The zero-order valence-corrected chi connectivity index (χ0v) is 11.7. The van der Waals surface area contributed by atoms with E-state index in [-0.39, 0.29) is 12.1 Å². The Labute approximate surface area is 120 Å². The van der Waals surface area contributed by atoms with Crippen LogP contribution in [0, 0.1) is 0 Å². The maximum Gasteiger partial charge on any atom is 0.119 e. The summed E-state index contributed by atoms with van der Waals surface area (Å²) in [6.07, 6.45) is 4.77. The van der Waals surface area contributed by atoms with Crippen LogP contribution >= 0.6 is 0 Å². The molecule has 0 spiro atoms. The number of benzene rings is 2. The standard InChI is InChI=1S/C18H21NO/c19-17-8-4-5-9-18(17)20-16-12-10-15(11-13-16)14-6-2-1-3-7-14/h1-3,6-7,10-13,17-18H,4-5,8-9,19H2. The highest BCUT2D eigenvalue weighted by Gasteiger charge is 2.23. The van der Waals surface area contributed by atoms with Crippen molar-refractivity contribution in [2.24, 2.45) is 5.73 Å². The Kier molecular flexibility index (Phi) is 4.03. The van der Waals surface area contributed by atoms with E-state index in [1.165, 1.54) is 24.0 Å². The Balaban J connectivity index is 1.70. The van der Waals surface area contributed by atoms with Gasteiger partial charge in [-0.1, -0.05) is 48.9 Å². The van der Waals surface area contributed by atoms with Crippen LogP contribution in [0.4, 0.5) is 0 Å². The summed E-state index contributed by atoms with van der Waals surface area (Å²) in [5, 5.41) is 0. The van der Waals surface area contributed by atoms with Crippen LogP contribution in [0.25, 0.3) is 11.1 Å². The van der Waals surface area contributed by atoms with Gasteiger partial charge in [0.15, 0.2) is 0 Å². The maximum atomic E-state index is 6.12. The summed E-state index contributed by atoms with van der Waals surface area (Å²) in [5.74, 6) is 0.923. The van der Waals surface area contributed by atoms with Crippen LogP contribution in [0.2, 0.25) is 0 Å². The first-order valence-corrected chi connectivity index (χ1v) is 7.41. The van der Waals surface area contributed by atoms with Gasteiger partial charge >= 0.3 is 0 Å². The van der Waals surface area contributed by atoms with Crippen molar-refractivity contribution in [3.8, 4) is 16.9 Å². The molecule has 2 unspecified atom stereocenters. The number of hydrogen-bond acceptors (Lipinski definition) is 2. The van der Waals surface area contributed by atoms with Gasteiger partial charge in [0.2, 0.25) is 0 Å². The summed E-state index contributed by atoms with van der Waals surface area (Å²) in [4.78, 5) is 0. The van der Waals surface area contributed by atoms with Crippen molar-refractivity contribution in [2.75, 3.05) is 0 Å². The first-order chi connectivity index (χ1) is 9.83. The van der Waals surface area contributed by atoms with Crippen molar-refractivity contribution in [1.82, 2.24) is 0 Å². The largest absolute Gasteiger partial charge is 0.489 e. The van der Waals surface area contributed by atoms with Crippen LogP contribution in [0.15, 0.2) is 54.6 Å². The fourth-order valence-corrected chi connectivity index (χ4v) is 2.80. The van der Waals surface area contributed by atoms with Crippen LogP contribution in [0.3, 0.4) is 0 Å². The van der Waals surface area contributed by atoms with E-state index in [0.717, 1.165) is 18.6 Å². The van der Waals surface area contributed by atoms with E-state index in [1.807, 2.05) is 18.2 Å². The zero-order chi connectivity index (χ0) is 13.8. The predicted octanol–water partition coefficient (Wildman–Crippen LogP) is 4.00.